The molecular formula is C16H18N4OS. The second-order valence-corrected chi connectivity index (χ2v) is 5.87. The van der Waals surface area contributed by atoms with Crippen LogP contribution < -0.4 is 4.74 Å². The van der Waals surface area contributed by atoms with Gasteiger partial charge in [0.2, 0.25) is 0 Å². The van der Waals surface area contributed by atoms with E-state index in [1.54, 1.807) is 18.4 Å². The maximum Gasteiger partial charge on any atom is 0.121 e. The van der Waals surface area contributed by atoms with E-state index in [4.69, 9.17) is 4.74 Å². The van der Waals surface area contributed by atoms with Crippen molar-refractivity contribution in [2.45, 2.75) is 13.1 Å². The second-order valence-electron chi connectivity index (χ2n) is 5.15. The van der Waals surface area contributed by atoms with Crippen LogP contribution in [0.2, 0.25) is 0 Å². The van der Waals surface area contributed by atoms with Crippen LogP contribution >= 0.6 is 11.3 Å². The van der Waals surface area contributed by atoms with Gasteiger partial charge in [0.25, 0.3) is 0 Å². The molecule has 0 spiro atoms. The minimum Gasteiger partial charge on any atom is -0.497 e. The van der Waals surface area contributed by atoms with E-state index in [9.17, 15) is 0 Å². The average Bonchev–Trinajstić information content (AvgIpc) is 3.19. The molecule has 0 amide bonds. The Labute approximate surface area is 133 Å². The molecule has 0 saturated carbocycles. The molecule has 0 fully saturated rings. The summed E-state index contributed by atoms with van der Waals surface area (Å²) in [6.45, 7) is 1.68. The molecule has 3 aromatic rings. The molecule has 0 aliphatic heterocycles. The number of hydrogen-bond donors (Lipinski definition) is 0. The lowest BCUT2D eigenvalue weighted by atomic mass is 10.3. The van der Waals surface area contributed by atoms with Crippen molar-refractivity contribution in [1.82, 2.24) is 19.7 Å². The van der Waals surface area contributed by atoms with Gasteiger partial charge >= 0.3 is 0 Å². The Morgan fingerprint density at radius 3 is 3.00 bits per heavy atom. The van der Waals surface area contributed by atoms with Crippen LogP contribution in [0.1, 0.15) is 11.3 Å². The van der Waals surface area contributed by atoms with Crippen molar-refractivity contribution in [3.63, 3.8) is 0 Å². The predicted molar refractivity (Wildman–Crippen MR) is 87.4 cm³/mol. The molecule has 2 heterocycles. The van der Waals surface area contributed by atoms with E-state index < -0.39 is 0 Å². The molecule has 1 aromatic carbocycles. The fraction of sp³-hybridized carbons (Fsp3) is 0.250. The number of hydrogen-bond acceptors (Lipinski definition) is 5. The Bertz CT molecular complexity index is 723. The minimum absolute atomic E-state index is 0.829. The van der Waals surface area contributed by atoms with Crippen molar-refractivity contribution in [2.24, 2.45) is 0 Å². The van der Waals surface area contributed by atoms with Crippen LogP contribution in [0.5, 0.6) is 5.75 Å². The van der Waals surface area contributed by atoms with Gasteiger partial charge in [0.1, 0.15) is 5.75 Å². The van der Waals surface area contributed by atoms with Crippen LogP contribution in [-0.2, 0) is 13.1 Å². The van der Waals surface area contributed by atoms with Gasteiger partial charge < -0.3 is 4.74 Å². The van der Waals surface area contributed by atoms with Crippen LogP contribution in [0.25, 0.3) is 5.69 Å². The second kappa shape index (κ2) is 6.72. The van der Waals surface area contributed by atoms with Gasteiger partial charge in [-0.25, -0.2) is 9.67 Å². The topological polar surface area (TPSA) is 43.2 Å². The molecule has 0 aliphatic rings. The van der Waals surface area contributed by atoms with Crippen LogP contribution in [0.4, 0.5) is 0 Å². The summed E-state index contributed by atoms with van der Waals surface area (Å²) in [5.74, 6) is 0.829. The lowest BCUT2D eigenvalue weighted by Gasteiger charge is -2.13. The third-order valence-corrected chi connectivity index (χ3v) is 3.96. The van der Waals surface area contributed by atoms with Crippen LogP contribution in [0, 0.1) is 0 Å². The van der Waals surface area contributed by atoms with Gasteiger partial charge in [0.05, 0.1) is 30.2 Å². The summed E-state index contributed by atoms with van der Waals surface area (Å²) < 4.78 is 7.12. The zero-order chi connectivity index (χ0) is 15.4. The average molecular weight is 314 g/mol. The smallest absolute Gasteiger partial charge is 0.121 e. The van der Waals surface area contributed by atoms with E-state index in [0.29, 0.717) is 0 Å². The molecular weight excluding hydrogens is 296 g/mol. The van der Waals surface area contributed by atoms with Crippen LogP contribution in [0.15, 0.2) is 47.5 Å². The Kier molecular flexibility index (Phi) is 4.50. The first kappa shape index (κ1) is 14.7. The number of aromatic nitrogens is 3. The molecule has 0 aliphatic carbocycles. The van der Waals surface area contributed by atoms with Crippen molar-refractivity contribution < 1.29 is 4.74 Å². The Morgan fingerprint density at radius 2 is 2.23 bits per heavy atom. The number of thiazole rings is 1. The zero-order valence-corrected chi connectivity index (χ0v) is 13.5. The molecule has 6 heteroatoms. The number of methoxy groups -OCH3 is 1. The van der Waals surface area contributed by atoms with Gasteiger partial charge in [-0.3, -0.25) is 4.90 Å². The molecule has 0 saturated heterocycles. The maximum absolute atomic E-state index is 5.25. The summed E-state index contributed by atoms with van der Waals surface area (Å²) >= 11 is 1.63. The molecule has 0 bridgehead atoms. The monoisotopic (exact) mass is 314 g/mol. The number of benzene rings is 1. The summed E-state index contributed by atoms with van der Waals surface area (Å²) in [6.07, 6.45) is 3.95. The molecule has 3 rings (SSSR count). The molecule has 22 heavy (non-hydrogen) atoms. The van der Waals surface area contributed by atoms with Gasteiger partial charge in [-0.05, 0) is 19.2 Å². The van der Waals surface area contributed by atoms with Crippen LogP contribution in [0.3, 0.4) is 0 Å². The standard InChI is InChI=1S/C16H18N4OS/c1-19(10-14-11-22-12-17-14)8-13-7-18-20(9-13)15-4-3-5-16(6-15)21-2/h3-7,9,11-12H,8,10H2,1-2H3. The first-order valence-corrected chi connectivity index (χ1v) is 7.92. The molecule has 5 nitrogen and oxygen atoms in total. The summed E-state index contributed by atoms with van der Waals surface area (Å²) in [7, 11) is 3.75. The summed E-state index contributed by atoms with van der Waals surface area (Å²) in [5, 5.41) is 6.51. The maximum atomic E-state index is 5.25. The van der Waals surface area contributed by atoms with Crippen molar-refractivity contribution in [3.05, 3.63) is 58.8 Å². The lowest BCUT2D eigenvalue weighted by molar-refractivity contribution is 0.316. The first-order valence-electron chi connectivity index (χ1n) is 6.98. The normalized spacial score (nSPS) is 11.0. The Hall–Kier alpha value is -2.18. The minimum atomic E-state index is 0.829. The highest BCUT2D eigenvalue weighted by Gasteiger charge is 2.07. The zero-order valence-electron chi connectivity index (χ0n) is 12.6. The van der Waals surface area contributed by atoms with Crippen molar-refractivity contribution in [3.8, 4) is 11.4 Å². The van der Waals surface area contributed by atoms with Gasteiger partial charge in [0.15, 0.2) is 0 Å². The van der Waals surface area contributed by atoms with E-state index in [1.807, 2.05) is 46.9 Å². The van der Waals surface area contributed by atoms with Crippen LogP contribution in [-0.4, -0.2) is 33.8 Å². The molecule has 114 valence electrons. The first-order chi connectivity index (χ1) is 10.7. The van der Waals surface area contributed by atoms with Crippen molar-refractivity contribution >= 4 is 11.3 Å². The largest absolute Gasteiger partial charge is 0.497 e. The SMILES string of the molecule is COc1cccc(-n2cc(CN(C)Cc3cscn3)cn2)c1. The van der Waals surface area contributed by atoms with E-state index in [2.05, 4.69) is 27.4 Å². The summed E-state index contributed by atoms with van der Waals surface area (Å²) in [6, 6.07) is 7.87. The molecule has 0 unspecified atom stereocenters. The predicted octanol–water partition coefficient (Wildman–Crippen LogP) is 2.97. The Balaban J connectivity index is 1.68. The highest BCUT2D eigenvalue weighted by molar-refractivity contribution is 7.07. The quantitative estimate of drug-likeness (QED) is 0.701. The fourth-order valence-corrected chi connectivity index (χ4v) is 2.85. The number of rotatable bonds is 6. The lowest BCUT2D eigenvalue weighted by Crippen LogP contribution is -2.17. The van der Waals surface area contributed by atoms with Gasteiger partial charge in [-0.2, -0.15) is 5.10 Å². The molecule has 2 aromatic heterocycles. The highest BCUT2D eigenvalue weighted by Crippen LogP contribution is 2.17. The van der Waals surface area contributed by atoms with Crippen molar-refractivity contribution in [1.29, 1.82) is 0 Å². The Morgan fingerprint density at radius 1 is 1.32 bits per heavy atom. The number of ether oxygens (including phenoxy) is 1. The van der Waals surface area contributed by atoms with Gasteiger partial charge in [0, 0.05) is 36.3 Å². The molecule has 0 N–H and O–H groups in total. The van der Waals surface area contributed by atoms with E-state index in [1.165, 1.54) is 5.56 Å². The van der Waals surface area contributed by atoms with Gasteiger partial charge in [-0.15, -0.1) is 11.3 Å². The van der Waals surface area contributed by atoms with Gasteiger partial charge in [-0.1, -0.05) is 6.07 Å². The molecule has 0 atom stereocenters. The number of nitrogens with zero attached hydrogens (tertiary/aromatic N) is 4. The van der Waals surface area contributed by atoms with Crippen molar-refractivity contribution in [2.75, 3.05) is 14.2 Å². The molecule has 0 radical (unpaired) electrons. The third-order valence-electron chi connectivity index (χ3n) is 3.32. The summed E-state index contributed by atoms with van der Waals surface area (Å²) in [5.41, 5.74) is 5.13. The fourth-order valence-electron chi connectivity index (χ4n) is 2.30. The summed E-state index contributed by atoms with van der Waals surface area (Å²) in [4.78, 5) is 6.54. The third kappa shape index (κ3) is 3.52. The highest BCUT2D eigenvalue weighted by atomic mass is 32.1. The van der Waals surface area contributed by atoms with E-state index in [-0.39, 0.29) is 0 Å². The van der Waals surface area contributed by atoms with E-state index >= 15 is 0 Å². The van der Waals surface area contributed by atoms with E-state index in [0.717, 1.165) is 30.2 Å².